The molecule has 0 aromatic heterocycles. The summed E-state index contributed by atoms with van der Waals surface area (Å²) in [6, 6.07) is 16.1. The van der Waals surface area contributed by atoms with Gasteiger partial charge in [-0.3, -0.25) is 4.79 Å². The molecule has 4 atom stereocenters. The van der Waals surface area contributed by atoms with Gasteiger partial charge in [0, 0.05) is 49.7 Å². The molecule has 0 saturated heterocycles. The van der Waals surface area contributed by atoms with Crippen LogP contribution in [0.25, 0.3) is 0 Å². The standard InChI is InChI=1S/C30H46N4OS/c1-21(2)14-28(31)29(16-23-12-10-9-11-13-23)32-30(35)24-17-26(33(4)20-25-15-22(25)3)19-27(18-24)34(5)36(6,7)8/h9-13,17-19,21-22,25,28-29H,6-7,14-16,20,31H2,1-5,8H3,(H,32,35)/t22?,25?,28-,29-/m0/s1. The summed E-state index contributed by atoms with van der Waals surface area (Å²) >= 11 is 0. The van der Waals surface area contributed by atoms with Crippen LogP contribution in [-0.4, -0.2) is 56.6 Å². The first-order valence-electron chi connectivity index (χ1n) is 13.0. The Kier molecular flexibility index (Phi) is 9.18. The molecule has 2 unspecified atom stereocenters. The normalized spacial score (nSPS) is 19.0. The minimum Gasteiger partial charge on any atom is -0.374 e. The summed E-state index contributed by atoms with van der Waals surface area (Å²) in [5.74, 6) is 10.4. The van der Waals surface area contributed by atoms with E-state index in [1.165, 1.54) is 12.0 Å². The molecule has 36 heavy (non-hydrogen) atoms. The Morgan fingerprint density at radius 1 is 1.14 bits per heavy atom. The highest BCUT2D eigenvalue weighted by Gasteiger charge is 2.33. The van der Waals surface area contributed by atoms with Gasteiger partial charge in [-0.25, -0.2) is 0 Å². The van der Waals surface area contributed by atoms with E-state index in [1.807, 2.05) is 37.4 Å². The van der Waals surface area contributed by atoms with Crippen LogP contribution in [0, 0.1) is 17.8 Å². The van der Waals surface area contributed by atoms with Gasteiger partial charge in [0.05, 0.1) is 0 Å². The van der Waals surface area contributed by atoms with E-state index in [9.17, 15) is 4.79 Å². The topological polar surface area (TPSA) is 61.6 Å². The molecule has 2 aromatic carbocycles. The van der Waals surface area contributed by atoms with Gasteiger partial charge in [0.15, 0.2) is 0 Å². The van der Waals surface area contributed by atoms with Crippen molar-refractivity contribution in [3.05, 3.63) is 59.7 Å². The van der Waals surface area contributed by atoms with Gasteiger partial charge in [-0.15, -0.1) is 9.39 Å². The average Bonchev–Trinajstić information content (AvgIpc) is 3.51. The Morgan fingerprint density at radius 2 is 1.75 bits per heavy atom. The second-order valence-electron chi connectivity index (χ2n) is 11.4. The number of nitrogens with zero attached hydrogens (tertiary/aromatic N) is 2. The maximum atomic E-state index is 13.7. The molecule has 3 N–H and O–H groups in total. The fourth-order valence-electron chi connectivity index (χ4n) is 4.63. The van der Waals surface area contributed by atoms with Crippen LogP contribution in [0.4, 0.5) is 11.4 Å². The molecular formula is C30H46N4OS. The molecule has 0 heterocycles. The van der Waals surface area contributed by atoms with Crippen molar-refractivity contribution in [2.45, 2.75) is 52.1 Å². The van der Waals surface area contributed by atoms with Crippen LogP contribution < -0.4 is 20.3 Å². The molecule has 1 aliphatic rings. The highest BCUT2D eigenvalue weighted by Crippen LogP contribution is 2.39. The molecule has 0 aliphatic heterocycles. The lowest BCUT2D eigenvalue weighted by atomic mass is 9.93. The Morgan fingerprint density at radius 3 is 2.31 bits per heavy atom. The Hall–Kier alpha value is -2.44. The third-order valence-electron chi connectivity index (χ3n) is 7.29. The molecule has 1 saturated carbocycles. The lowest BCUT2D eigenvalue weighted by Crippen LogP contribution is -2.49. The molecule has 1 fully saturated rings. The highest BCUT2D eigenvalue weighted by molar-refractivity contribution is 8.28. The van der Waals surface area contributed by atoms with E-state index in [2.05, 4.69) is 78.5 Å². The number of carbonyl (C=O) groups is 1. The van der Waals surface area contributed by atoms with Crippen molar-refractivity contribution >= 4 is 38.4 Å². The van der Waals surface area contributed by atoms with Gasteiger partial charge in [0.1, 0.15) is 0 Å². The van der Waals surface area contributed by atoms with Crippen LogP contribution in [0.15, 0.2) is 48.5 Å². The molecule has 5 nitrogen and oxygen atoms in total. The predicted octanol–water partition coefficient (Wildman–Crippen LogP) is 5.14. The van der Waals surface area contributed by atoms with Crippen molar-refractivity contribution < 1.29 is 4.79 Å². The van der Waals surface area contributed by atoms with Crippen molar-refractivity contribution in [2.75, 3.05) is 36.1 Å². The van der Waals surface area contributed by atoms with E-state index in [4.69, 9.17) is 5.73 Å². The average molecular weight is 511 g/mol. The van der Waals surface area contributed by atoms with Crippen molar-refractivity contribution in [3.63, 3.8) is 0 Å². The van der Waals surface area contributed by atoms with Gasteiger partial charge in [-0.1, -0.05) is 62.8 Å². The predicted molar refractivity (Wildman–Crippen MR) is 162 cm³/mol. The fourth-order valence-corrected chi connectivity index (χ4v) is 5.25. The molecule has 0 radical (unpaired) electrons. The zero-order chi connectivity index (χ0) is 26.6. The first-order valence-corrected chi connectivity index (χ1v) is 15.3. The highest BCUT2D eigenvalue weighted by atomic mass is 32.2. The number of hydrogen-bond donors (Lipinski definition) is 2. The van der Waals surface area contributed by atoms with Gasteiger partial charge < -0.3 is 20.3 Å². The molecule has 0 spiro atoms. The molecule has 2 aromatic rings. The second kappa shape index (κ2) is 11.7. The first kappa shape index (κ1) is 28.1. The number of anilines is 2. The number of nitrogens with two attached hydrogens (primary N) is 1. The van der Waals surface area contributed by atoms with Crippen LogP contribution in [-0.2, 0) is 6.42 Å². The third-order valence-corrected chi connectivity index (χ3v) is 8.82. The maximum absolute atomic E-state index is 13.7. The lowest BCUT2D eigenvalue weighted by Gasteiger charge is -2.29. The molecule has 3 rings (SSSR count). The van der Waals surface area contributed by atoms with Crippen LogP contribution in [0.2, 0.25) is 0 Å². The van der Waals surface area contributed by atoms with Crippen LogP contribution >= 0.6 is 9.39 Å². The number of benzene rings is 2. The molecule has 6 heteroatoms. The summed E-state index contributed by atoms with van der Waals surface area (Å²) in [5, 5.41) is 3.29. The molecule has 198 valence electrons. The number of hydrogen-bond acceptors (Lipinski definition) is 4. The van der Waals surface area contributed by atoms with Gasteiger partial charge in [0.25, 0.3) is 5.91 Å². The molecule has 1 aliphatic carbocycles. The first-order chi connectivity index (χ1) is 16.8. The van der Waals surface area contributed by atoms with Crippen LogP contribution in [0.3, 0.4) is 0 Å². The summed E-state index contributed by atoms with van der Waals surface area (Å²) in [6.45, 7) is 7.62. The minimum absolute atomic E-state index is 0.0929. The van der Waals surface area contributed by atoms with E-state index in [-0.39, 0.29) is 18.0 Å². The lowest BCUT2D eigenvalue weighted by molar-refractivity contribution is 0.0928. The molecule has 0 bridgehead atoms. The summed E-state index contributed by atoms with van der Waals surface area (Å²) in [7, 11) is 2.64. The van der Waals surface area contributed by atoms with Crippen molar-refractivity contribution in [3.8, 4) is 0 Å². The maximum Gasteiger partial charge on any atom is 0.251 e. The van der Waals surface area contributed by atoms with E-state index in [1.54, 1.807) is 0 Å². The summed E-state index contributed by atoms with van der Waals surface area (Å²) in [6.07, 6.45) is 4.87. The van der Waals surface area contributed by atoms with Crippen LogP contribution in [0.1, 0.15) is 49.5 Å². The number of amides is 1. The number of carbonyl (C=O) groups excluding carboxylic acids is 1. The SMILES string of the molecule is C=S(=C)(C)N(C)c1cc(C(=O)N[C@@H](Cc2ccccc2)[C@@H](N)CC(C)C)cc(N(C)CC2CC2C)c1. The Bertz CT molecular complexity index is 1130. The number of nitrogens with one attached hydrogen (secondary N) is 1. The largest absolute Gasteiger partial charge is 0.374 e. The van der Waals surface area contributed by atoms with Gasteiger partial charge in [-0.2, -0.15) is 0 Å². The van der Waals surface area contributed by atoms with E-state index in [0.717, 1.165) is 36.2 Å². The summed E-state index contributed by atoms with van der Waals surface area (Å²) in [4.78, 5) is 16.0. The van der Waals surface area contributed by atoms with Crippen molar-refractivity contribution in [1.29, 1.82) is 0 Å². The summed E-state index contributed by atoms with van der Waals surface area (Å²) < 4.78 is 2.10. The fraction of sp³-hybridized carbons (Fsp3) is 0.500. The Balaban J connectivity index is 1.91. The van der Waals surface area contributed by atoms with E-state index in [0.29, 0.717) is 17.9 Å². The smallest absolute Gasteiger partial charge is 0.251 e. The Labute approximate surface area is 219 Å². The zero-order valence-electron chi connectivity index (χ0n) is 23.0. The monoisotopic (exact) mass is 510 g/mol. The van der Waals surface area contributed by atoms with Gasteiger partial charge in [0.2, 0.25) is 0 Å². The van der Waals surface area contributed by atoms with Gasteiger partial charge >= 0.3 is 0 Å². The zero-order valence-corrected chi connectivity index (χ0v) is 23.9. The van der Waals surface area contributed by atoms with Crippen LogP contribution in [0.5, 0.6) is 0 Å². The third kappa shape index (κ3) is 7.78. The van der Waals surface area contributed by atoms with Gasteiger partial charge in [-0.05, 0) is 67.0 Å². The summed E-state index contributed by atoms with van der Waals surface area (Å²) in [5.41, 5.74) is 10.4. The second-order valence-corrected chi connectivity index (χ2v) is 14.4. The molecule has 1 amide bonds. The molecular weight excluding hydrogens is 464 g/mol. The number of rotatable bonds is 12. The van der Waals surface area contributed by atoms with E-state index >= 15 is 0 Å². The quantitative estimate of drug-likeness (QED) is 0.388. The minimum atomic E-state index is -1.49. The van der Waals surface area contributed by atoms with Crippen molar-refractivity contribution in [1.82, 2.24) is 5.32 Å². The van der Waals surface area contributed by atoms with E-state index < -0.39 is 9.39 Å². The van der Waals surface area contributed by atoms with Crippen molar-refractivity contribution in [2.24, 2.45) is 23.5 Å².